The molecule has 1 heterocycles. The molecule has 0 saturated heterocycles. The van der Waals surface area contributed by atoms with E-state index in [0.29, 0.717) is 21.3 Å². The third-order valence-corrected chi connectivity index (χ3v) is 2.28. The van der Waals surface area contributed by atoms with Gasteiger partial charge in [0.25, 0.3) is 5.56 Å². The van der Waals surface area contributed by atoms with E-state index in [9.17, 15) is 4.79 Å². The number of halogens is 2. The molecule has 76 valence electrons. The predicted octanol–water partition coefficient (Wildman–Crippen LogP) is 2.74. The lowest BCUT2D eigenvalue weighted by atomic mass is 10.1. The van der Waals surface area contributed by atoms with E-state index in [1.807, 2.05) is 0 Å². The standard InChI is InChI=1S/C10H6Cl2N2O/c11-7-3-6(4-8(12)5-7)9-10(15)14-2-1-13-9/h1-5H,(H,14,15). The molecule has 2 aromatic rings. The lowest BCUT2D eigenvalue weighted by Gasteiger charge is -2.00. The Kier molecular flexibility index (Phi) is 2.75. The van der Waals surface area contributed by atoms with Crippen LogP contribution in [0.15, 0.2) is 35.4 Å². The van der Waals surface area contributed by atoms with Gasteiger partial charge in [0.1, 0.15) is 5.69 Å². The SMILES string of the molecule is O=c1[nH]ccnc1-c1cc(Cl)cc(Cl)c1. The van der Waals surface area contributed by atoms with Crippen molar-refractivity contribution in [2.45, 2.75) is 0 Å². The van der Waals surface area contributed by atoms with Crippen LogP contribution in [0.5, 0.6) is 0 Å². The Morgan fingerprint density at radius 2 is 1.80 bits per heavy atom. The maximum absolute atomic E-state index is 11.4. The van der Waals surface area contributed by atoms with E-state index in [1.165, 1.54) is 12.4 Å². The third-order valence-electron chi connectivity index (χ3n) is 1.84. The molecule has 1 N–H and O–H groups in total. The summed E-state index contributed by atoms with van der Waals surface area (Å²) in [7, 11) is 0. The van der Waals surface area contributed by atoms with E-state index in [2.05, 4.69) is 9.97 Å². The van der Waals surface area contributed by atoms with Gasteiger partial charge in [-0.2, -0.15) is 0 Å². The van der Waals surface area contributed by atoms with Crippen molar-refractivity contribution in [2.75, 3.05) is 0 Å². The minimum atomic E-state index is -0.268. The number of benzene rings is 1. The lowest BCUT2D eigenvalue weighted by molar-refractivity contribution is 1.14. The molecule has 0 fully saturated rings. The molecule has 15 heavy (non-hydrogen) atoms. The van der Waals surface area contributed by atoms with Crippen LogP contribution in [0.3, 0.4) is 0 Å². The van der Waals surface area contributed by atoms with Crippen molar-refractivity contribution >= 4 is 23.2 Å². The fourth-order valence-electron chi connectivity index (χ4n) is 1.25. The van der Waals surface area contributed by atoms with Crippen LogP contribution in [-0.4, -0.2) is 9.97 Å². The van der Waals surface area contributed by atoms with Crippen molar-refractivity contribution in [1.29, 1.82) is 0 Å². The Morgan fingerprint density at radius 3 is 2.40 bits per heavy atom. The van der Waals surface area contributed by atoms with E-state index in [-0.39, 0.29) is 5.56 Å². The Hall–Kier alpha value is -1.32. The van der Waals surface area contributed by atoms with Crippen LogP contribution in [0.4, 0.5) is 0 Å². The van der Waals surface area contributed by atoms with Crippen LogP contribution >= 0.6 is 23.2 Å². The Balaban J connectivity index is 2.64. The molecule has 0 radical (unpaired) electrons. The van der Waals surface area contributed by atoms with Crippen molar-refractivity contribution in [2.24, 2.45) is 0 Å². The number of nitrogens with zero attached hydrogens (tertiary/aromatic N) is 1. The van der Waals surface area contributed by atoms with Crippen LogP contribution in [0.2, 0.25) is 10.0 Å². The van der Waals surface area contributed by atoms with Gasteiger partial charge in [0.15, 0.2) is 0 Å². The summed E-state index contributed by atoms with van der Waals surface area (Å²) in [5, 5.41) is 0.949. The van der Waals surface area contributed by atoms with Gasteiger partial charge in [0.05, 0.1) is 0 Å². The van der Waals surface area contributed by atoms with Gasteiger partial charge in [-0.25, -0.2) is 4.98 Å². The smallest absolute Gasteiger partial charge is 0.274 e. The quantitative estimate of drug-likeness (QED) is 0.834. The van der Waals surface area contributed by atoms with Crippen LogP contribution in [0.25, 0.3) is 11.3 Å². The summed E-state index contributed by atoms with van der Waals surface area (Å²) in [5.41, 5.74) is 0.645. The first-order chi connectivity index (χ1) is 7.16. The number of H-pyrrole nitrogens is 1. The molecule has 0 unspecified atom stereocenters. The van der Waals surface area contributed by atoms with E-state index >= 15 is 0 Å². The summed E-state index contributed by atoms with van der Waals surface area (Å²) in [4.78, 5) is 17.9. The van der Waals surface area contributed by atoms with Gasteiger partial charge in [-0.1, -0.05) is 23.2 Å². The highest BCUT2D eigenvalue weighted by atomic mass is 35.5. The maximum Gasteiger partial charge on any atom is 0.274 e. The van der Waals surface area contributed by atoms with Crippen LogP contribution in [-0.2, 0) is 0 Å². The van der Waals surface area contributed by atoms with Gasteiger partial charge in [-0.15, -0.1) is 0 Å². The minimum Gasteiger partial charge on any atom is -0.326 e. The largest absolute Gasteiger partial charge is 0.326 e. The number of rotatable bonds is 1. The van der Waals surface area contributed by atoms with E-state index in [0.717, 1.165) is 0 Å². The molecule has 0 spiro atoms. The molecule has 1 aromatic carbocycles. The zero-order chi connectivity index (χ0) is 10.8. The molecule has 0 bridgehead atoms. The second-order valence-corrected chi connectivity index (χ2v) is 3.80. The lowest BCUT2D eigenvalue weighted by Crippen LogP contribution is -2.09. The van der Waals surface area contributed by atoms with Crippen molar-refractivity contribution in [3.63, 3.8) is 0 Å². The Bertz CT molecular complexity index is 531. The molecule has 2 rings (SSSR count). The molecule has 0 aliphatic heterocycles. The molecule has 0 saturated carbocycles. The number of aromatic amines is 1. The summed E-state index contributed by atoms with van der Waals surface area (Å²) in [6, 6.07) is 4.89. The zero-order valence-electron chi connectivity index (χ0n) is 7.50. The highest BCUT2D eigenvalue weighted by Gasteiger charge is 2.05. The molecular weight excluding hydrogens is 235 g/mol. The van der Waals surface area contributed by atoms with Gasteiger partial charge < -0.3 is 4.98 Å². The molecule has 3 nitrogen and oxygen atoms in total. The van der Waals surface area contributed by atoms with Gasteiger partial charge >= 0.3 is 0 Å². The highest BCUT2D eigenvalue weighted by Crippen LogP contribution is 2.23. The van der Waals surface area contributed by atoms with Crippen molar-refractivity contribution < 1.29 is 0 Å². The summed E-state index contributed by atoms with van der Waals surface area (Å²) in [5.74, 6) is 0. The summed E-state index contributed by atoms with van der Waals surface area (Å²) in [6.45, 7) is 0. The Morgan fingerprint density at radius 1 is 1.13 bits per heavy atom. The van der Waals surface area contributed by atoms with E-state index in [1.54, 1.807) is 18.2 Å². The molecule has 0 atom stereocenters. The molecule has 5 heteroatoms. The van der Waals surface area contributed by atoms with Crippen LogP contribution < -0.4 is 5.56 Å². The molecular formula is C10H6Cl2N2O. The second kappa shape index (κ2) is 4.04. The average Bonchev–Trinajstić information content (AvgIpc) is 2.16. The average molecular weight is 241 g/mol. The highest BCUT2D eigenvalue weighted by molar-refractivity contribution is 6.35. The second-order valence-electron chi connectivity index (χ2n) is 2.93. The monoisotopic (exact) mass is 240 g/mol. The van der Waals surface area contributed by atoms with Gasteiger partial charge in [0, 0.05) is 28.0 Å². The molecule has 0 amide bonds. The fraction of sp³-hybridized carbons (Fsp3) is 0. The van der Waals surface area contributed by atoms with Crippen molar-refractivity contribution in [3.05, 3.63) is 51.0 Å². The summed E-state index contributed by atoms with van der Waals surface area (Å²) < 4.78 is 0. The summed E-state index contributed by atoms with van der Waals surface area (Å²) >= 11 is 11.7. The first-order valence-electron chi connectivity index (χ1n) is 4.17. The van der Waals surface area contributed by atoms with Crippen molar-refractivity contribution in [3.8, 4) is 11.3 Å². The molecule has 0 aliphatic carbocycles. The zero-order valence-corrected chi connectivity index (χ0v) is 9.01. The Labute approximate surface area is 95.7 Å². The normalized spacial score (nSPS) is 10.3. The fourth-order valence-corrected chi connectivity index (χ4v) is 1.77. The number of hydrogen-bond acceptors (Lipinski definition) is 2. The van der Waals surface area contributed by atoms with E-state index < -0.39 is 0 Å². The number of aromatic nitrogens is 2. The number of nitrogens with one attached hydrogen (secondary N) is 1. The van der Waals surface area contributed by atoms with Gasteiger partial charge in [0.2, 0.25) is 0 Å². The first-order valence-corrected chi connectivity index (χ1v) is 4.92. The van der Waals surface area contributed by atoms with E-state index in [4.69, 9.17) is 23.2 Å². The van der Waals surface area contributed by atoms with Gasteiger partial charge in [-0.3, -0.25) is 4.79 Å². The topological polar surface area (TPSA) is 45.8 Å². The third kappa shape index (κ3) is 2.19. The minimum absolute atomic E-state index is 0.268. The van der Waals surface area contributed by atoms with Crippen LogP contribution in [0.1, 0.15) is 0 Å². The summed E-state index contributed by atoms with van der Waals surface area (Å²) in [6.07, 6.45) is 2.98. The predicted molar refractivity (Wildman–Crippen MR) is 60.3 cm³/mol. The first kappa shape index (κ1) is 10.2. The van der Waals surface area contributed by atoms with Crippen LogP contribution in [0, 0.1) is 0 Å². The van der Waals surface area contributed by atoms with Crippen molar-refractivity contribution in [1.82, 2.24) is 9.97 Å². The molecule has 1 aromatic heterocycles. The van der Waals surface area contributed by atoms with Gasteiger partial charge in [-0.05, 0) is 18.2 Å². The maximum atomic E-state index is 11.4. The number of hydrogen-bond donors (Lipinski definition) is 1. The molecule has 0 aliphatic rings.